The van der Waals surface area contributed by atoms with Crippen molar-refractivity contribution in [2.75, 3.05) is 26.4 Å². The van der Waals surface area contributed by atoms with E-state index in [4.69, 9.17) is 19.1 Å². The molecule has 0 saturated heterocycles. The van der Waals surface area contributed by atoms with Crippen LogP contribution in [0.1, 0.15) is 194 Å². The van der Waals surface area contributed by atoms with Gasteiger partial charge in [-0.15, -0.1) is 0 Å². The van der Waals surface area contributed by atoms with Gasteiger partial charge in [-0.25, -0.2) is 4.57 Å². The van der Waals surface area contributed by atoms with E-state index in [0.717, 1.165) is 57.8 Å². The lowest BCUT2D eigenvalue weighted by Gasteiger charge is -2.20. The molecule has 1 unspecified atom stereocenters. The van der Waals surface area contributed by atoms with E-state index in [0.29, 0.717) is 12.8 Å². The highest BCUT2D eigenvalue weighted by molar-refractivity contribution is 7.47. The lowest BCUT2D eigenvalue weighted by Crippen LogP contribution is -2.29. The summed E-state index contributed by atoms with van der Waals surface area (Å²) >= 11 is 0. The summed E-state index contributed by atoms with van der Waals surface area (Å²) in [7, 11) is -4.63. The van der Waals surface area contributed by atoms with E-state index in [1.54, 1.807) is 0 Å². The molecule has 0 aliphatic carbocycles. The van der Waals surface area contributed by atoms with Crippen LogP contribution in [0.4, 0.5) is 0 Å². The van der Waals surface area contributed by atoms with Crippen molar-refractivity contribution >= 4 is 19.8 Å². The minimum absolute atomic E-state index is 0.134. The standard InChI is InChI=1S/C46H83O10P/c1-3-5-7-9-11-13-15-17-19-20-21-22-24-25-27-29-31-33-35-37-45(49)53-41-44(42-55-57(51,52)54-40-43(48)39-47)56-46(50)38-36-34-32-30-28-26-23-18-16-14-12-10-8-6-4-2/h12,14,18,20-21,23,28,30,43-44,47-48H,3-11,13,15-17,19,22,24-27,29,31-42H2,1-2H3,(H,51,52)/b14-12-,21-20-,23-18-,30-28-/t43-,44+/m0/s1. The molecular formula is C46H83O10P. The molecule has 0 aromatic carbocycles. The molecule has 3 atom stereocenters. The molecule has 3 N–H and O–H groups in total. The van der Waals surface area contributed by atoms with Crippen molar-refractivity contribution in [3.63, 3.8) is 0 Å². The van der Waals surface area contributed by atoms with Crippen molar-refractivity contribution in [3.8, 4) is 0 Å². The number of allylic oxidation sites excluding steroid dienone is 8. The number of phosphoric acid groups is 1. The first-order chi connectivity index (χ1) is 27.7. The number of unbranched alkanes of at least 4 members (excludes halogenated alkanes) is 20. The molecule has 10 nitrogen and oxygen atoms in total. The summed E-state index contributed by atoms with van der Waals surface area (Å²) in [6, 6.07) is 0. The van der Waals surface area contributed by atoms with Crippen LogP contribution in [0.2, 0.25) is 0 Å². The average molecular weight is 827 g/mol. The van der Waals surface area contributed by atoms with Crippen LogP contribution < -0.4 is 0 Å². The van der Waals surface area contributed by atoms with E-state index < -0.39 is 51.8 Å². The zero-order valence-corrected chi connectivity index (χ0v) is 36.9. The Kier molecular flexibility index (Phi) is 40.5. The number of carbonyl (C=O) groups excluding carboxylic acids is 2. The van der Waals surface area contributed by atoms with E-state index in [9.17, 15) is 24.2 Å². The third-order valence-electron chi connectivity index (χ3n) is 9.46. The summed E-state index contributed by atoms with van der Waals surface area (Å²) in [5.74, 6) is -0.974. The van der Waals surface area contributed by atoms with Crippen LogP contribution in [-0.2, 0) is 32.7 Å². The van der Waals surface area contributed by atoms with Crippen molar-refractivity contribution in [2.45, 2.75) is 206 Å². The minimum Gasteiger partial charge on any atom is -0.462 e. The first-order valence-corrected chi connectivity index (χ1v) is 24.1. The Bertz CT molecular complexity index is 1090. The zero-order valence-electron chi connectivity index (χ0n) is 36.0. The molecule has 332 valence electrons. The number of aliphatic hydroxyl groups excluding tert-OH is 2. The van der Waals surface area contributed by atoms with Gasteiger partial charge in [0.1, 0.15) is 12.7 Å². The van der Waals surface area contributed by atoms with Crippen molar-refractivity contribution in [2.24, 2.45) is 0 Å². The molecule has 0 bridgehead atoms. The maximum Gasteiger partial charge on any atom is 0.472 e. The van der Waals surface area contributed by atoms with Gasteiger partial charge in [0.15, 0.2) is 6.10 Å². The Balaban J connectivity index is 4.31. The highest BCUT2D eigenvalue weighted by Gasteiger charge is 2.27. The Morgan fingerprint density at radius 2 is 0.912 bits per heavy atom. The molecule has 0 amide bonds. The van der Waals surface area contributed by atoms with Crippen LogP contribution in [0.3, 0.4) is 0 Å². The second-order valence-electron chi connectivity index (χ2n) is 15.1. The van der Waals surface area contributed by atoms with Crippen LogP contribution in [0.25, 0.3) is 0 Å². The lowest BCUT2D eigenvalue weighted by molar-refractivity contribution is -0.161. The van der Waals surface area contributed by atoms with Gasteiger partial charge in [0.2, 0.25) is 0 Å². The highest BCUT2D eigenvalue weighted by Crippen LogP contribution is 2.43. The van der Waals surface area contributed by atoms with Crippen LogP contribution in [0.15, 0.2) is 48.6 Å². The first kappa shape index (κ1) is 54.9. The smallest absolute Gasteiger partial charge is 0.462 e. The van der Waals surface area contributed by atoms with Crippen molar-refractivity contribution in [3.05, 3.63) is 48.6 Å². The summed E-state index contributed by atoms with van der Waals surface area (Å²) in [5.41, 5.74) is 0. The monoisotopic (exact) mass is 827 g/mol. The lowest BCUT2D eigenvalue weighted by atomic mass is 10.1. The van der Waals surface area contributed by atoms with Gasteiger partial charge in [0, 0.05) is 12.8 Å². The van der Waals surface area contributed by atoms with Crippen LogP contribution in [0.5, 0.6) is 0 Å². The first-order valence-electron chi connectivity index (χ1n) is 22.6. The fourth-order valence-corrected chi connectivity index (χ4v) is 6.72. The maximum absolute atomic E-state index is 12.6. The number of hydrogen-bond donors (Lipinski definition) is 3. The number of esters is 2. The zero-order chi connectivity index (χ0) is 41.9. The molecule has 0 aromatic rings. The minimum atomic E-state index is -4.63. The third kappa shape index (κ3) is 41.9. The van der Waals surface area contributed by atoms with Gasteiger partial charge in [0.25, 0.3) is 0 Å². The van der Waals surface area contributed by atoms with Gasteiger partial charge in [0.05, 0.1) is 19.8 Å². The number of aliphatic hydroxyl groups is 2. The fraction of sp³-hybridized carbons (Fsp3) is 0.783. The summed E-state index contributed by atoms with van der Waals surface area (Å²) in [4.78, 5) is 35.0. The SMILES string of the molecule is CCCCC/C=C\C/C=C\C/C=C\CCCCC(=O)O[C@H](COC(=O)CCCCCCCCC/C=C\CCCCCCCCCC)COP(=O)(O)OC[C@@H](O)CO. The number of ether oxygens (including phenoxy) is 2. The van der Waals surface area contributed by atoms with Gasteiger partial charge in [-0.1, -0.05) is 152 Å². The average Bonchev–Trinajstić information content (AvgIpc) is 3.20. The molecule has 0 radical (unpaired) electrons. The van der Waals surface area contributed by atoms with Crippen molar-refractivity contribution < 1.29 is 47.8 Å². The summed E-state index contributed by atoms with van der Waals surface area (Å²) in [5, 5.41) is 18.3. The normalized spacial score (nSPS) is 14.3. The van der Waals surface area contributed by atoms with Crippen LogP contribution in [-0.4, -0.2) is 65.7 Å². The highest BCUT2D eigenvalue weighted by atomic mass is 31.2. The van der Waals surface area contributed by atoms with Crippen molar-refractivity contribution in [1.29, 1.82) is 0 Å². The molecule has 57 heavy (non-hydrogen) atoms. The number of rotatable bonds is 42. The second kappa shape index (κ2) is 42.1. The van der Waals surface area contributed by atoms with Gasteiger partial charge >= 0.3 is 19.8 Å². The topological polar surface area (TPSA) is 149 Å². The molecular weight excluding hydrogens is 743 g/mol. The molecule has 0 spiro atoms. The maximum atomic E-state index is 12.6. The van der Waals surface area contributed by atoms with E-state index in [-0.39, 0.29) is 19.4 Å². The molecule has 0 aliphatic rings. The quantitative estimate of drug-likeness (QED) is 0.0235. The van der Waals surface area contributed by atoms with Crippen molar-refractivity contribution in [1.82, 2.24) is 0 Å². The van der Waals surface area contributed by atoms with Crippen LogP contribution >= 0.6 is 7.82 Å². The Labute approximate surface area is 347 Å². The van der Waals surface area contributed by atoms with E-state index in [1.807, 2.05) is 0 Å². The summed E-state index contributed by atoms with van der Waals surface area (Å²) in [6.07, 6.45) is 45.1. The molecule has 0 saturated carbocycles. The van der Waals surface area contributed by atoms with E-state index >= 15 is 0 Å². The van der Waals surface area contributed by atoms with Gasteiger partial charge < -0.3 is 24.6 Å². The third-order valence-corrected chi connectivity index (χ3v) is 10.4. The fourth-order valence-electron chi connectivity index (χ4n) is 5.94. The summed E-state index contributed by atoms with van der Waals surface area (Å²) < 4.78 is 32.7. The van der Waals surface area contributed by atoms with Gasteiger partial charge in [-0.3, -0.25) is 18.6 Å². The molecule has 0 rings (SSSR count). The number of hydrogen-bond acceptors (Lipinski definition) is 9. The molecule has 0 aliphatic heterocycles. The molecule has 11 heteroatoms. The predicted molar refractivity (Wildman–Crippen MR) is 233 cm³/mol. The number of phosphoric ester groups is 1. The Morgan fingerprint density at radius 3 is 1.46 bits per heavy atom. The molecule has 0 aromatic heterocycles. The number of carbonyl (C=O) groups is 2. The van der Waals surface area contributed by atoms with Gasteiger partial charge in [-0.05, 0) is 77.0 Å². The summed E-state index contributed by atoms with van der Waals surface area (Å²) in [6.45, 7) is 2.31. The molecule has 0 fully saturated rings. The molecule has 0 heterocycles. The van der Waals surface area contributed by atoms with E-state index in [1.165, 1.54) is 96.3 Å². The Morgan fingerprint density at radius 1 is 0.526 bits per heavy atom. The van der Waals surface area contributed by atoms with E-state index in [2.05, 4.69) is 67.0 Å². The Hall–Kier alpha value is -2.07. The van der Waals surface area contributed by atoms with Crippen LogP contribution in [0, 0.1) is 0 Å². The predicted octanol–water partition coefficient (Wildman–Crippen LogP) is 12.1. The largest absolute Gasteiger partial charge is 0.472 e. The second-order valence-corrected chi connectivity index (χ2v) is 16.5. The van der Waals surface area contributed by atoms with Gasteiger partial charge in [-0.2, -0.15) is 0 Å².